The maximum atomic E-state index is 5.97. The fourth-order valence-corrected chi connectivity index (χ4v) is 5.06. The fourth-order valence-electron chi connectivity index (χ4n) is 1.90. The molecule has 6 heteroatoms. The van der Waals surface area contributed by atoms with Crippen LogP contribution in [0.1, 0.15) is 41.5 Å². The van der Waals surface area contributed by atoms with Crippen molar-refractivity contribution >= 4 is 25.5 Å². The SMILES string of the molecule is CC(C)(C)[N-][Si](C)(C)OC(C)(C)C.[Cl][Zr+2][Cl].c1cc[cH-]c1. The van der Waals surface area contributed by atoms with Gasteiger partial charge in [0.25, 0.3) is 0 Å². The van der Waals surface area contributed by atoms with E-state index in [1.807, 2.05) is 30.3 Å². The van der Waals surface area contributed by atoms with Gasteiger partial charge in [0.05, 0.1) is 8.48 Å². The van der Waals surface area contributed by atoms with Crippen LogP contribution < -0.4 is 0 Å². The third-order valence-electron chi connectivity index (χ3n) is 1.72. The van der Waals surface area contributed by atoms with E-state index in [0.717, 1.165) is 0 Å². The van der Waals surface area contributed by atoms with E-state index in [0.29, 0.717) is 0 Å². The first-order chi connectivity index (χ1) is 9.33. The molecule has 0 atom stereocenters. The molecule has 0 aliphatic carbocycles. The number of halogens is 2. The van der Waals surface area contributed by atoms with Crippen molar-refractivity contribution in [1.29, 1.82) is 0 Å². The summed E-state index contributed by atoms with van der Waals surface area (Å²) in [6.45, 7) is 16.9. The van der Waals surface area contributed by atoms with E-state index >= 15 is 0 Å². The maximum absolute atomic E-state index is 5.97. The first-order valence-corrected chi connectivity index (χ1v) is 16.1. The summed E-state index contributed by atoms with van der Waals surface area (Å²) in [6, 6.07) is 10.0. The molecule has 2 nitrogen and oxygen atoms in total. The summed E-state index contributed by atoms with van der Waals surface area (Å²) >= 11 is -0.826. The summed E-state index contributed by atoms with van der Waals surface area (Å²) in [7, 11) is 8.02. The molecule has 122 valence electrons. The molecule has 0 unspecified atom stereocenters. The van der Waals surface area contributed by atoms with Crippen molar-refractivity contribution < 1.29 is 25.3 Å². The predicted octanol–water partition coefficient (Wildman–Crippen LogP) is 6.46. The van der Waals surface area contributed by atoms with Gasteiger partial charge >= 0.3 is 37.9 Å². The van der Waals surface area contributed by atoms with E-state index in [1.165, 1.54) is 0 Å². The summed E-state index contributed by atoms with van der Waals surface area (Å²) in [6.07, 6.45) is 0. The average molecular weight is 430 g/mol. The number of hydrogen-bond acceptors (Lipinski definition) is 1. The van der Waals surface area contributed by atoms with Crippen LogP contribution in [0.5, 0.6) is 0 Å². The normalized spacial score (nSPS) is 11.5. The van der Waals surface area contributed by atoms with Gasteiger partial charge in [-0.25, -0.2) is 12.1 Å². The zero-order chi connectivity index (χ0) is 17.2. The summed E-state index contributed by atoms with van der Waals surface area (Å²) in [5, 5.41) is 0. The van der Waals surface area contributed by atoms with Crippen LogP contribution in [0.25, 0.3) is 4.98 Å². The molecule has 0 fully saturated rings. The second-order valence-electron chi connectivity index (χ2n) is 6.98. The Labute approximate surface area is 151 Å². The standard InChI is InChI=1S/C10H24NOSi.C5H5.2ClH.Zr/c1-9(2,3)11-13(7,8)12-10(4,5)6;1-2-4-5-3-1;;;/h1-8H3;1-5H;2*1H;/q2*-1;;;+4/p-2. The quantitative estimate of drug-likeness (QED) is 0.391. The molecular formula is C15H29Cl2NOSiZr. The van der Waals surface area contributed by atoms with Gasteiger partial charge < -0.3 is 9.41 Å². The van der Waals surface area contributed by atoms with Gasteiger partial charge in [-0.05, 0) is 20.8 Å². The third-order valence-corrected chi connectivity index (χ3v) is 4.04. The fraction of sp³-hybridized carbons (Fsp3) is 0.667. The minimum Gasteiger partial charge on any atom is -0.214 e. The molecule has 1 rings (SSSR count). The van der Waals surface area contributed by atoms with Gasteiger partial charge in [-0.1, -0.05) is 33.9 Å². The molecule has 21 heavy (non-hydrogen) atoms. The van der Waals surface area contributed by atoms with Crippen molar-refractivity contribution in [1.82, 2.24) is 0 Å². The Balaban J connectivity index is 0. The van der Waals surface area contributed by atoms with Crippen LogP contribution in [0.4, 0.5) is 0 Å². The Bertz CT molecular complexity index is 297. The Morgan fingerprint density at radius 1 is 1.00 bits per heavy atom. The van der Waals surface area contributed by atoms with E-state index in [9.17, 15) is 0 Å². The van der Waals surface area contributed by atoms with Gasteiger partial charge in [0.2, 0.25) is 0 Å². The molecule has 0 heterocycles. The Morgan fingerprint density at radius 2 is 1.38 bits per heavy atom. The van der Waals surface area contributed by atoms with Gasteiger partial charge in [-0.3, -0.25) is 0 Å². The smallest absolute Gasteiger partial charge is 0.172 e. The zero-order valence-electron chi connectivity index (χ0n) is 14.5. The van der Waals surface area contributed by atoms with Crippen LogP contribution in [0.15, 0.2) is 30.3 Å². The first-order valence-electron chi connectivity index (χ1n) is 6.90. The Kier molecular flexibility index (Phi) is 13.2. The van der Waals surface area contributed by atoms with Crippen molar-refractivity contribution in [3.05, 3.63) is 35.3 Å². The topological polar surface area (TPSA) is 23.3 Å². The molecule has 0 N–H and O–H groups in total. The van der Waals surface area contributed by atoms with Gasteiger partial charge in [-0.15, -0.1) is 5.54 Å². The monoisotopic (exact) mass is 427 g/mol. The third kappa shape index (κ3) is 23.3. The molecule has 0 aliphatic heterocycles. The molecule has 0 aromatic heterocycles. The number of rotatable bonds is 2. The number of nitrogens with zero attached hydrogens (tertiary/aromatic N) is 1. The Hall–Kier alpha value is 0.950. The summed E-state index contributed by atoms with van der Waals surface area (Å²) in [4.78, 5) is 4.74. The van der Waals surface area contributed by atoms with E-state index < -0.39 is 29.3 Å². The minimum atomic E-state index is -1.85. The van der Waals surface area contributed by atoms with Gasteiger partial charge in [0.15, 0.2) is 0 Å². The second kappa shape index (κ2) is 11.5. The summed E-state index contributed by atoms with van der Waals surface area (Å²) in [5.74, 6) is 0. The van der Waals surface area contributed by atoms with Gasteiger partial charge in [0, 0.05) is 5.60 Å². The molecule has 0 saturated carbocycles. The largest absolute Gasteiger partial charge is 0.214 e. The van der Waals surface area contributed by atoms with Crippen molar-refractivity contribution in [2.45, 2.75) is 65.8 Å². The van der Waals surface area contributed by atoms with Crippen LogP contribution in [0, 0.1) is 0 Å². The van der Waals surface area contributed by atoms with E-state index in [4.69, 9.17) is 26.4 Å². The van der Waals surface area contributed by atoms with E-state index in [2.05, 4.69) is 54.6 Å². The molecule has 1 aromatic carbocycles. The van der Waals surface area contributed by atoms with Crippen molar-refractivity contribution in [3.8, 4) is 0 Å². The van der Waals surface area contributed by atoms with Crippen LogP contribution in [-0.2, 0) is 25.3 Å². The molecule has 0 amide bonds. The molecule has 0 bridgehead atoms. The first kappa shape index (κ1) is 24.2. The number of hydrogen-bond donors (Lipinski definition) is 0. The summed E-state index contributed by atoms with van der Waals surface area (Å²) in [5.41, 5.74) is -0.0640. The van der Waals surface area contributed by atoms with Gasteiger partial charge in [0.1, 0.15) is 0 Å². The Morgan fingerprint density at radius 3 is 1.57 bits per heavy atom. The maximum Gasteiger partial charge on any atom is -0.172 e. The van der Waals surface area contributed by atoms with Crippen molar-refractivity contribution in [3.63, 3.8) is 0 Å². The van der Waals surface area contributed by atoms with Crippen molar-refractivity contribution in [2.75, 3.05) is 0 Å². The molecular weight excluding hydrogens is 400 g/mol. The van der Waals surface area contributed by atoms with Gasteiger partial charge in [-0.2, -0.15) is 18.2 Å². The van der Waals surface area contributed by atoms with Crippen LogP contribution in [0.2, 0.25) is 13.1 Å². The predicted molar refractivity (Wildman–Crippen MR) is 95.2 cm³/mol. The van der Waals surface area contributed by atoms with E-state index in [-0.39, 0.29) is 11.1 Å². The van der Waals surface area contributed by atoms with Crippen LogP contribution >= 0.6 is 17.0 Å². The average Bonchev–Trinajstić information content (AvgIpc) is 2.66. The molecule has 1 aromatic rings. The van der Waals surface area contributed by atoms with E-state index in [1.54, 1.807) is 0 Å². The zero-order valence-corrected chi connectivity index (χ0v) is 19.5. The summed E-state index contributed by atoms with van der Waals surface area (Å²) < 4.78 is 5.97. The minimum absolute atomic E-state index is 0.0149. The molecule has 0 radical (unpaired) electrons. The molecule has 0 spiro atoms. The van der Waals surface area contributed by atoms with Crippen LogP contribution in [0.3, 0.4) is 0 Å². The van der Waals surface area contributed by atoms with Crippen molar-refractivity contribution in [2.24, 2.45) is 0 Å². The molecule has 0 saturated heterocycles. The second-order valence-corrected chi connectivity index (χ2v) is 14.0. The van der Waals surface area contributed by atoms with Crippen LogP contribution in [-0.4, -0.2) is 19.6 Å². The molecule has 0 aliphatic rings.